The van der Waals surface area contributed by atoms with E-state index >= 15 is 0 Å². The number of piperazine rings is 1. The van der Waals surface area contributed by atoms with Gasteiger partial charge < -0.3 is 0 Å². The van der Waals surface area contributed by atoms with Crippen molar-refractivity contribution in [2.45, 2.75) is 6.04 Å². The van der Waals surface area contributed by atoms with E-state index in [4.69, 9.17) is 0 Å². The molecule has 0 unspecified atom stereocenters. The molecule has 2 aliphatic rings. The second-order valence-electron chi connectivity index (χ2n) is 7.73. The Bertz CT molecular complexity index is 923. The smallest absolute Gasteiger partial charge is 0.0614 e. The lowest BCUT2D eigenvalue weighted by molar-refractivity contribution is 0.119. The van der Waals surface area contributed by atoms with Gasteiger partial charge in [-0.2, -0.15) is 0 Å². The molecule has 1 heterocycles. The van der Waals surface area contributed by atoms with Crippen LogP contribution in [0.25, 0.3) is 17.2 Å². The van der Waals surface area contributed by atoms with Gasteiger partial charge in [-0.25, -0.2) is 0 Å². The van der Waals surface area contributed by atoms with Gasteiger partial charge >= 0.3 is 0 Å². The first kappa shape index (κ1) is 17.4. The van der Waals surface area contributed by atoms with Crippen molar-refractivity contribution in [1.82, 2.24) is 9.80 Å². The second-order valence-corrected chi connectivity index (χ2v) is 7.73. The molecule has 2 heteroatoms. The van der Waals surface area contributed by atoms with E-state index in [2.05, 4.69) is 101 Å². The van der Waals surface area contributed by atoms with Gasteiger partial charge in [-0.15, -0.1) is 0 Å². The van der Waals surface area contributed by atoms with E-state index < -0.39 is 0 Å². The molecular formula is C26H26N2. The summed E-state index contributed by atoms with van der Waals surface area (Å²) in [6.45, 7) is 5.51. The average Bonchev–Trinajstić information content (AvgIpc) is 3.10. The van der Waals surface area contributed by atoms with E-state index in [1.807, 2.05) is 0 Å². The van der Waals surface area contributed by atoms with Crippen LogP contribution in [0.15, 0.2) is 84.9 Å². The maximum Gasteiger partial charge on any atom is 0.0614 e. The van der Waals surface area contributed by atoms with Gasteiger partial charge in [-0.05, 0) is 27.8 Å². The minimum Gasteiger partial charge on any atom is -0.297 e. The maximum atomic E-state index is 2.67. The predicted octanol–water partition coefficient (Wildman–Crippen LogP) is 5.09. The molecule has 0 saturated carbocycles. The van der Waals surface area contributed by atoms with Gasteiger partial charge in [0.1, 0.15) is 0 Å². The van der Waals surface area contributed by atoms with Crippen molar-refractivity contribution in [3.63, 3.8) is 0 Å². The topological polar surface area (TPSA) is 6.48 Å². The minimum absolute atomic E-state index is 0.411. The summed E-state index contributed by atoms with van der Waals surface area (Å²) < 4.78 is 0. The highest BCUT2D eigenvalue weighted by Crippen LogP contribution is 2.46. The summed E-state index contributed by atoms with van der Waals surface area (Å²) in [6, 6.07) is 28.8. The van der Waals surface area contributed by atoms with Crippen LogP contribution in [-0.2, 0) is 0 Å². The molecule has 3 aromatic rings. The molecule has 0 atom stereocenters. The van der Waals surface area contributed by atoms with Crippen LogP contribution in [0.2, 0.25) is 0 Å². The van der Waals surface area contributed by atoms with E-state index in [1.54, 1.807) is 0 Å². The zero-order valence-corrected chi connectivity index (χ0v) is 16.2. The van der Waals surface area contributed by atoms with Crippen LogP contribution < -0.4 is 0 Å². The fraction of sp³-hybridized carbons (Fsp3) is 0.231. The SMILES string of the molecule is C(=C\c1ccccc1)/CN1CCN(C2c3ccccc3-c3ccccc32)CC1. The molecular weight excluding hydrogens is 340 g/mol. The number of benzene rings is 3. The quantitative estimate of drug-likeness (QED) is 0.635. The van der Waals surface area contributed by atoms with Gasteiger partial charge in [-0.3, -0.25) is 9.80 Å². The van der Waals surface area contributed by atoms with Crippen LogP contribution in [-0.4, -0.2) is 42.5 Å². The van der Waals surface area contributed by atoms with Gasteiger partial charge in [-0.1, -0.05) is 91.0 Å². The lowest BCUT2D eigenvalue weighted by Gasteiger charge is -2.38. The summed E-state index contributed by atoms with van der Waals surface area (Å²) in [5, 5.41) is 0. The zero-order valence-electron chi connectivity index (χ0n) is 16.2. The summed E-state index contributed by atoms with van der Waals surface area (Å²) >= 11 is 0. The third-order valence-corrected chi connectivity index (χ3v) is 6.05. The van der Waals surface area contributed by atoms with Gasteiger partial charge in [0.2, 0.25) is 0 Å². The molecule has 140 valence electrons. The molecule has 1 aliphatic carbocycles. The van der Waals surface area contributed by atoms with Crippen LogP contribution in [0.3, 0.4) is 0 Å². The maximum absolute atomic E-state index is 2.67. The highest BCUT2D eigenvalue weighted by molar-refractivity contribution is 5.78. The molecule has 2 nitrogen and oxygen atoms in total. The summed E-state index contributed by atoms with van der Waals surface area (Å²) in [4.78, 5) is 5.23. The highest BCUT2D eigenvalue weighted by atomic mass is 15.3. The number of fused-ring (bicyclic) bond motifs is 3. The molecule has 0 spiro atoms. The monoisotopic (exact) mass is 366 g/mol. The Labute approximate surface area is 167 Å². The van der Waals surface area contributed by atoms with Crippen LogP contribution in [0.1, 0.15) is 22.7 Å². The Kier molecular flexibility index (Phi) is 4.82. The number of nitrogens with zero attached hydrogens (tertiary/aromatic N) is 2. The fourth-order valence-electron chi connectivity index (χ4n) is 4.63. The van der Waals surface area contributed by atoms with Crippen LogP contribution in [0.5, 0.6) is 0 Å². The van der Waals surface area contributed by atoms with Crippen molar-refractivity contribution in [3.8, 4) is 11.1 Å². The van der Waals surface area contributed by atoms with E-state index in [-0.39, 0.29) is 0 Å². The number of hydrogen-bond donors (Lipinski definition) is 0. The Morgan fingerprint density at radius 2 is 1.25 bits per heavy atom. The average molecular weight is 367 g/mol. The molecule has 0 aromatic heterocycles. The Balaban J connectivity index is 1.27. The summed E-state index contributed by atoms with van der Waals surface area (Å²) in [7, 11) is 0. The molecule has 3 aromatic carbocycles. The molecule has 1 saturated heterocycles. The Morgan fingerprint density at radius 3 is 1.89 bits per heavy atom. The molecule has 0 N–H and O–H groups in total. The largest absolute Gasteiger partial charge is 0.297 e. The third-order valence-electron chi connectivity index (χ3n) is 6.05. The van der Waals surface area contributed by atoms with Gasteiger partial charge in [0.15, 0.2) is 0 Å². The normalized spacial score (nSPS) is 17.7. The van der Waals surface area contributed by atoms with Gasteiger partial charge in [0, 0.05) is 32.7 Å². The van der Waals surface area contributed by atoms with Gasteiger partial charge in [0.05, 0.1) is 6.04 Å². The number of rotatable bonds is 4. The predicted molar refractivity (Wildman–Crippen MR) is 117 cm³/mol. The second kappa shape index (κ2) is 7.75. The van der Waals surface area contributed by atoms with E-state index in [0.717, 1.165) is 32.7 Å². The zero-order chi connectivity index (χ0) is 18.8. The molecule has 5 rings (SSSR count). The first-order chi connectivity index (χ1) is 13.9. The first-order valence-corrected chi connectivity index (χ1v) is 10.3. The first-order valence-electron chi connectivity index (χ1n) is 10.3. The molecule has 0 bridgehead atoms. The third kappa shape index (κ3) is 3.30. The van der Waals surface area contributed by atoms with E-state index in [9.17, 15) is 0 Å². The van der Waals surface area contributed by atoms with E-state index in [1.165, 1.54) is 27.8 Å². The Morgan fingerprint density at radius 1 is 0.679 bits per heavy atom. The minimum atomic E-state index is 0.411. The molecule has 0 radical (unpaired) electrons. The van der Waals surface area contributed by atoms with Crippen LogP contribution in [0, 0.1) is 0 Å². The van der Waals surface area contributed by atoms with Crippen molar-refractivity contribution < 1.29 is 0 Å². The standard InChI is InChI=1S/C26H26N2/c1-2-9-21(10-3-1)11-8-16-27-17-19-28(20-18-27)26-24-14-6-4-12-22(24)23-13-5-7-15-25(23)26/h1-15,26H,16-20H2/b11-8+. The fourth-order valence-corrected chi connectivity index (χ4v) is 4.63. The van der Waals surface area contributed by atoms with Crippen molar-refractivity contribution in [3.05, 3.63) is 102 Å². The van der Waals surface area contributed by atoms with Gasteiger partial charge in [0.25, 0.3) is 0 Å². The van der Waals surface area contributed by atoms with Crippen LogP contribution in [0.4, 0.5) is 0 Å². The lowest BCUT2D eigenvalue weighted by Crippen LogP contribution is -2.47. The van der Waals surface area contributed by atoms with Crippen LogP contribution >= 0.6 is 0 Å². The lowest BCUT2D eigenvalue weighted by atomic mass is 10.0. The molecule has 0 amide bonds. The Hall–Kier alpha value is -2.68. The molecule has 1 fully saturated rings. The number of hydrogen-bond acceptors (Lipinski definition) is 2. The highest BCUT2D eigenvalue weighted by Gasteiger charge is 2.33. The van der Waals surface area contributed by atoms with Crippen molar-refractivity contribution in [2.24, 2.45) is 0 Å². The summed E-state index contributed by atoms with van der Waals surface area (Å²) in [5.41, 5.74) is 7.05. The molecule has 28 heavy (non-hydrogen) atoms. The van der Waals surface area contributed by atoms with Crippen molar-refractivity contribution >= 4 is 6.08 Å². The molecule has 1 aliphatic heterocycles. The van der Waals surface area contributed by atoms with E-state index in [0.29, 0.717) is 6.04 Å². The summed E-state index contributed by atoms with van der Waals surface area (Å²) in [6.07, 6.45) is 4.53. The summed E-state index contributed by atoms with van der Waals surface area (Å²) in [5.74, 6) is 0. The van der Waals surface area contributed by atoms with Crippen molar-refractivity contribution in [1.29, 1.82) is 0 Å². The van der Waals surface area contributed by atoms with Crippen molar-refractivity contribution in [2.75, 3.05) is 32.7 Å².